The van der Waals surface area contributed by atoms with Gasteiger partial charge in [-0.15, -0.1) is 0 Å². The van der Waals surface area contributed by atoms with Crippen LogP contribution in [-0.2, 0) is 9.53 Å². The third kappa shape index (κ3) is 7.24. The van der Waals surface area contributed by atoms with Gasteiger partial charge in [0.05, 0.1) is 31.1 Å². The quantitative estimate of drug-likeness (QED) is 0.242. The molecule has 0 aromatic carbocycles. The van der Waals surface area contributed by atoms with Gasteiger partial charge in [0.2, 0.25) is 5.91 Å². The number of carbonyl (C=O) groups is 2. The number of nitrogens with zero attached hydrogens (tertiary/aromatic N) is 5. The molecule has 11 nitrogen and oxygen atoms in total. The number of aryl methyl sites for hydroxylation is 1. The first kappa shape index (κ1) is 34.5. The first-order valence-electron chi connectivity index (χ1n) is 18.5. The highest BCUT2D eigenvalue weighted by atomic mass is 16.5. The lowest BCUT2D eigenvalue weighted by Crippen LogP contribution is -2.61. The summed E-state index contributed by atoms with van der Waals surface area (Å²) in [6, 6.07) is 7.79. The Morgan fingerprint density at radius 1 is 1.00 bits per heavy atom. The Kier molecular flexibility index (Phi) is 9.87. The lowest BCUT2D eigenvalue weighted by atomic mass is 9.73. The van der Waals surface area contributed by atoms with Gasteiger partial charge in [-0.3, -0.25) is 19.6 Å². The van der Waals surface area contributed by atoms with Crippen molar-refractivity contribution in [1.82, 2.24) is 19.9 Å². The molecule has 4 fully saturated rings. The lowest BCUT2D eigenvalue weighted by Gasteiger charge is -2.50. The Hall–Kier alpha value is -3.99. The predicted octanol–water partition coefficient (Wildman–Crippen LogP) is 7.60. The second kappa shape index (κ2) is 14.3. The molecule has 1 atom stereocenters. The number of hydrogen-bond acceptors (Lipinski definition) is 8. The van der Waals surface area contributed by atoms with Crippen LogP contribution in [0.3, 0.4) is 0 Å². The number of anilines is 1. The Morgan fingerprint density at radius 2 is 1.74 bits per heavy atom. The van der Waals surface area contributed by atoms with Crippen molar-refractivity contribution in [2.24, 2.45) is 17.8 Å². The van der Waals surface area contributed by atoms with E-state index in [4.69, 9.17) is 28.8 Å². The minimum atomic E-state index is -0.898. The fraction of sp³-hybridized carbons (Fsp3) is 0.615. The van der Waals surface area contributed by atoms with Crippen LogP contribution in [0.25, 0.3) is 11.3 Å². The molecule has 1 unspecified atom stereocenters. The third-order valence-corrected chi connectivity index (χ3v) is 11.7. The number of carbonyl (C=O) groups excluding carboxylic acids is 1. The summed E-state index contributed by atoms with van der Waals surface area (Å²) in [5, 5.41) is 10.0. The molecule has 11 heteroatoms. The first-order valence-corrected chi connectivity index (χ1v) is 18.5. The number of hydrogen-bond donors (Lipinski definition) is 1. The van der Waals surface area contributed by atoms with Gasteiger partial charge in [0.1, 0.15) is 23.5 Å². The predicted molar refractivity (Wildman–Crippen MR) is 188 cm³/mol. The Morgan fingerprint density at radius 3 is 2.42 bits per heavy atom. The molecule has 268 valence electrons. The molecule has 50 heavy (non-hydrogen) atoms. The molecule has 3 saturated carbocycles. The fourth-order valence-corrected chi connectivity index (χ4v) is 8.82. The summed E-state index contributed by atoms with van der Waals surface area (Å²) in [6.07, 6.45) is 11.8. The molecule has 3 aromatic heterocycles. The highest BCUT2D eigenvalue weighted by Gasteiger charge is 2.47. The summed E-state index contributed by atoms with van der Waals surface area (Å²) >= 11 is 0. The minimum absolute atomic E-state index is 0.107. The van der Waals surface area contributed by atoms with Crippen molar-refractivity contribution in [3.8, 4) is 17.0 Å². The van der Waals surface area contributed by atoms with Crippen LogP contribution in [0, 0.1) is 24.7 Å². The van der Waals surface area contributed by atoms with Gasteiger partial charge in [0.15, 0.2) is 5.89 Å². The zero-order valence-electron chi connectivity index (χ0n) is 29.8. The summed E-state index contributed by atoms with van der Waals surface area (Å²) in [6.45, 7) is 7.37. The maximum atomic E-state index is 14.6. The highest BCUT2D eigenvalue weighted by Crippen LogP contribution is 2.43. The molecule has 1 N–H and O–H groups in total. The van der Waals surface area contributed by atoms with E-state index in [2.05, 4.69) is 6.07 Å². The van der Waals surface area contributed by atoms with E-state index in [1.54, 1.807) is 24.5 Å². The molecule has 0 radical (unpaired) electrons. The second-order valence-corrected chi connectivity index (χ2v) is 15.4. The number of morpholine rings is 1. The molecule has 2 amide bonds. The van der Waals surface area contributed by atoms with E-state index in [0.29, 0.717) is 56.1 Å². The molecule has 4 aliphatic rings. The van der Waals surface area contributed by atoms with Crippen LogP contribution in [0.2, 0.25) is 0 Å². The average molecular weight is 686 g/mol. The van der Waals surface area contributed by atoms with Crippen LogP contribution in [-0.4, -0.2) is 75.4 Å². The summed E-state index contributed by atoms with van der Waals surface area (Å²) in [5.74, 6) is 3.49. The largest absolute Gasteiger partial charge is 0.495 e. The Balaban J connectivity index is 1.08. The number of oxazole rings is 1. The highest BCUT2D eigenvalue weighted by molar-refractivity contribution is 5.94. The molecule has 1 aliphatic heterocycles. The van der Waals surface area contributed by atoms with Crippen molar-refractivity contribution in [3.05, 3.63) is 54.0 Å². The van der Waals surface area contributed by atoms with Crippen LogP contribution in [0.1, 0.15) is 107 Å². The molecule has 3 aromatic rings. The zero-order chi connectivity index (χ0) is 35.0. The topological polar surface area (TPSA) is 131 Å². The van der Waals surface area contributed by atoms with Gasteiger partial charge in [-0.1, -0.05) is 0 Å². The molecule has 1 saturated heterocycles. The SMILES string of the molecule is COc1ccc([C@H]2CC[C@H](CN(c3cc(-c4coc(C5CC5)n4)ccn3)C(=O)[C@H]3CC[C@H](C4N(C(=O)O)CCOC4(C)C)CC3)CC2)nc1C. The summed E-state index contributed by atoms with van der Waals surface area (Å²) in [5.41, 5.74) is 3.12. The van der Waals surface area contributed by atoms with Crippen LogP contribution in [0.15, 0.2) is 41.1 Å². The first-order chi connectivity index (χ1) is 24.1. The molecule has 3 aliphatic carbocycles. The van der Waals surface area contributed by atoms with E-state index in [0.717, 1.165) is 85.7 Å². The smallest absolute Gasteiger partial charge is 0.407 e. The molecule has 4 heterocycles. The van der Waals surface area contributed by atoms with E-state index in [1.165, 1.54) is 0 Å². The van der Waals surface area contributed by atoms with Gasteiger partial charge in [0, 0.05) is 48.3 Å². The summed E-state index contributed by atoms with van der Waals surface area (Å²) < 4.78 is 17.3. The normalized spacial score (nSPS) is 26.7. The summed E-state index contributed by atoms with van der Waals surface area (Å²) in [7, 11) is 1.68. The van der Waals surface area contributed by atoms with Gasteiger partial charge < -0.3 is 19.0 Å². The van der Waals surface area contributed by atoms with Crippen molar-refractivity contribution in [3.63, 3.8) is 0 Å². The van der Waals surface area contributed by atoms with Crippen molar-refractivity contribution in [2.75, 3.05) is 31.7 Å². The fourth-order valence-electron chi connectivity index (χ4n) is 8.82. The number of carboxylic acid groups (broad SMARTS) is 1. The Labute approximate surface area is 294 Å². The number of amides is 2. The molecular weight excluding hydrogens is 634 g/mol. The van der Waals surface area contributed by atoms with Gasteiger partial charge in [-0.2, -0.15) is 0 Å². The maximum Gasteiger partial charge on any atom is 0.407 e. The van der Waals surface area contributed by atoms with Crippen molar-refractivity contribution in [1.29, 1.82) is 0 Å². The van der Waals surface area contributed by atoms with E-state index in [9.17, 15) is 14.7 Å². The number of ether oxygens (including phenoxy) is 2. The number of methoxy groups -OCH3 is 1. The third-order valence-electron chi connectivity index (χ3n) is 11.7. The van der Waals surface area contributed by atoms with Crippen LogP contribution in [0.5, 0.6) is 5.75 Å². The number of rotatable bonds is 9. The second-order valence-electron chi connectivity index (χ2n) is 15.4. The molecular formula is C39H51N5O6. The van der Waals surface area contributed by atoms with Crippen molar-refractivity contribution < 1.29 is 28.6 Å². The molecule has 0 spiro atoms. The maximum absolute atomic E-state index is 14.6. The molecule has 0 bridgehead atoms. The average Bonchev–Trinajstić information content (AvgIpc) is 3.85. The van der Waals surface area contributed by atoms with Gasteiger partial charge >= 0.3 is 6.09 Å². The lowest BCUT2D eigenvalue weighted by molar-refractivity contribution is -0.140. The number of aromatic nitrogens is 3. The zero-order valence-corrected chi connectivity index (χ0v) is 29.8. The van der Waals surface area contributed by atoms with Gasteiger partial charge in [0.25, 0.3) is 0 Å². The summed E-state index contributed by atoms with van der Waals surface area (Å²) in [4.78, 5) is 44.7. The monoisotopic (exact) mass is 685 g/mol. The minimum Gasteiger partial charge on any atom is -0.495 e. The van der Waals surface area contributed by atoms with Crippen LogP contribution < -0.4 is 9.64 Å². The standard InChI is InChI=1S/C39H51N5O6/c1-24-33(48-4)16-15-31(41-24)26-7-5-25(6-8-26)22-44(34-21-30(17-18-40-34)32-23-49-36(42-32)28-11-12-28)37(45)29-13-9-27(10-14-29)35-39(2,3)50-20-19-43(35)38(46)47/h15-18,21,23,25-29,35H,5-14,19-20,22H2,1-4H3,(H,46,47)/t25-,26-,27-,29-,35?. The Bertz CT molecular complexity index is 1670. The molecule has 7 rings (SSSR count). The number of pyridine rings is 2. The van der Waals surface area contributed by atoms with Crippen LogP contribution >= 0.6 is 0 Å². The van der Waals surface area contributed by atoms with Gasteiger partial charge in [-0.25, -0.2) is 14.8 Å². The van der Waals surface area contributed by atoms with Gasteiger partial charge in [-0.05, 0) is 121 Å². The van der Waals surface area contributed by atoms with Crippen molar-refractivity contribution >= 4 is 17.8 Å². The van der Waals surface area contributed by atoms with E-state index in [1.807, 2.05) is 43.9 Å². The van der Waals surface area contributed by atoms with E-state index < -0.39 is 11.7 Å². The van der Waals surface area contributed by atoms with Crippen LogP contribution in [0.4, 0.5) is 10.6 Å². The van der Waals surface area contributed by atoms with E-state index >= 15 is 0 Å². The van der Waals surface area contributed by atoms with Crippen molar-refractivity contribution in [2.45, 2.75) is 108 Å². The van der Waals surface area contributed by atoms with E-state index in [-0.39, 0.29) is 23.8 Å².